The molecule has 7 heteroatoms. The molecule has 1 heterocycles. The Morgan fingerprint density at radius 1 is 1.46 bits per heavy atom. The van der Waals surface area contributed by atoms with Crippen LogP contribution in [0.1, 0.15) is 31.7 Å². The number of thiocarbonyl (C=S) groups is 1. The van der Waals surface area contributed by atoms with Crippen molar-refractivity contribution in [3.05, 3.63) is 34.7 Å². The normalized spacial score (nSPS) is 17.4. The molecule has 1 N–H and O–H groups in total. The van der Waals surface area contributed by atoms with E-state index in [0.717, 1.165) is 30.2 Å². The Bertz CT molecular complexity index is 687. The van der Waals surface area contributed by atoms with Crippen molar-refractivity contribution in [2.75, 3.05) is 7.11 Å². The Kier molecular flexibility index (Phi) is 6.39. The number of carboxylic acids is 1. The maximum atomic E-state index is 12.7. The van der Waals surface area contributed by atoms with Crippen LogP contribution in [0.4, 0.5) is 0 Å². The van der Waals surface area contributed by atoms with E-state index in [1.165, 1.54) is 4.90 Å². The van der Waals surface area contributed by atoms with Gasteiger partial charge in [-0.3, -0.25) is 9.69 Å². The van der Waals surface area contributed by atoms with Crippen molar-refractivity contribution in [1.82, 2.24) is 4.90 Å². The average Bonchev–Trinajstić information content (AvgIpc) is 2.83. The lowest BCUT2D eigenvalue weighted by molar-refractivity contribution is -0.145. The molecule has 0 unspecified atom stereocenters. The van der Waals surface area contributed by atoms with Crippen molar-refractivity contribution in [2.45, 2.75) is 32.2 Å². The van der Waals surface area contributed by atoms with Gasteiger partial charge in [-0.25, -0.2) is 4.79 Å². The van der Waals surface area contributed by atoms with Crippen LogP contribution in [0.2, 0.25) is 0 Å². The summed E-state index contributed by atoms with van der Waals surface area (Å²) in [6.07, 6.45) is 3.66. The van der Waals surface area contributed by atoms with Gasteiger partial charge < -0.3 is 9.84 Å². The van der Waals surface area contributed by atoms with Crippen LogP contribution in [-0.2, 0) is 9.59 Å². The highest BCUT2D eigenvalue weighted by Crippen LogP contribution is 2.36. The molecule has 128 valence electrons. The summed E-state index contributed by atoms with van der Waals surface area (Å²) in [6.45, 7) is 1.98. The Hall–Kier alpha value is -1.86. The van der Waals surface area contributed by atoms with E-state index in [9.17, 15) is 14.7 Å². The molecule has 1 aliphatic heterocycles. The highest BCUT2D eigenvalue weighted by Gasteiger charge is 2.40. The number of thioether (sulfide) groups is 1. The standard InChI is InChI=1S/C17H19NO4S2/c1-3-4-8-12(16(20)21)18-15(19)14(24-17(18)23)10-11-7-5-6-9-13(11)22-2/h5-7,9-10,12H,3-4,8H2,1-2H3,(H,20,21)/b14-10-/t12-/m1/s1. The number of carbonyl (C=O) groups excluding carboxylic acids is 1. The molecule has 0 bridgehead atoms. The molecule has 5 nitrogen and oxygen atoms in total. The molecule has 24 heavy (non-hydrogen) atoms. The molecule has 1 aromatic carbocycles. The Morgan fingerprint density at radius 2 is 2.17 bits per heavy atom. The van der Waals surface area contributed by atoms with E-state index in [0.29, 0.717) is 17.1 Å². The van der Waals surface area contributed by atoms with E-state index in [2.05, 4.69) is 0 Å². The predicted octanol–water partition coefficient (Wildman–Crippen LogP) is 3.54. The second-order valence-electron chi connectivity index (χ2n) is 5.29. The van der Waals surface area contributed by atoms with E-state index >= 15 is 0 Å². The molecule has 0 spiro atoms. The first-order chi connectivity index (χ1) is 11.5. The summed E-state index contributed by atoms with van der Waals surface area (Å²) in [6, 6.07) is 6.40. The minimum absolute atomic E-state index is 0.282. The first-order valence-corrected chi connectivity index (χ1v) is 8.85. The predicted molar refractivity (Wildman–Crippen MR) is 99.0 cm³/mol. The number of hydrogen-bond donors (Lipinski definition) is 1. The third-order valence-corrected chi connectivity index (χ3v) is 5.01. The summed E-state index contributed by atoms with van der Waals surface area (Å²) in [7, 11) is 1.56. The number of para-hydroxylation sites is 1. The van der Waals surface area contributed by atoms with Gasteiger partial charge in [0.2, 0.25) is 0 Å². The molecule has 1 saturated heterocycles. The lowest BCUT2D eigenvalue weighted by atomic mass is 10.1. The van der Waals surface area contributed by atoms with Gasteiger partial charge in [-0.05, 0) is 18.6 Å². The van der Waals surface area contributed by atoms with Gasteiger partial charge in [-0.15, -0.1) is 0 Å². The van der Waals surface area contributed by atoms with Crippen LogP contribution in [0.5, 0.6) is 5.75 Å². The van der Waals surface area contributed by atoms with Gasteiger partial charge in [0.15, 0.2) is 0 Å². The molecular weight excluding hydrogens is 346 g/mol. The summed E-state index contributed by atoms with van der Waals surface area (Å²) in [4.78, 5) is 25.9. The van der Waals surface area contributed by atoms with Crippen molar-refractivity contribution in [3.8, 4) is 5.75 Å². The van der Waals surface area contributed by atoms with Gasteiger partial charge in [0, 0.05) is 5.56 Å². The molecule has 1 aromatic rings. The number of carboxylic acid groups (broad SMARTS) is 1. The fourth-order valence-electron chi connectivity index (χ4n) is 2.44. The quantitative estimate of drug-likeness (QED) is 0.589. The van der Waals surface area contributed by atoms with Gasteiger partial charge in [0.1, 0.15) is 16.1 Å². The number of nitrogens with zero attached hydrogens (tertiary/aromatic N) is 1. The number of unbranched alkanes of at least 4 members (excludes halogenated alkanes) is 1. The number of benzene rings is 1. The summed E-state index contributed by atoms with van der Waals surface area (Å²) in [5.41, 5.74) is 0.751. The van der Waals surface area contributed by atoms with E-state index in [1.54, 1.807) is 19.3 Å². The van der Waals surface area contributed by atoms with Crippen LogP contribution < -0.4 is 4.74 Å². The molecule has 0 radical (unpaired) electrons. The topological polar surface area (TPSA) is 66.8 Å². The zero-order chi connectivity index (χ0) is 17.7. The fraction of sp³-hybridized carbons (Fsp3) is 0.353. The number of ether oxygens (including phenoxy) is 1. The third-order valence-electron chi connectivity index (χ3n) is 3.68. The Morgan fingerprint density at radius 3 is 2.79 bits per heavy atom. The average molecular weight is 365 g/mol. The van der Waals surface area contributed by atoms with Crippen LogP contribution in [-0.4, -0.2) is 39.4 Å². The number of rotatable bonds is 7. The highest BCUT2D eigenvalue weighted by molar-refractivity contribution is 8.26. The zero-order valence-corrected chi connectivity index (χ0v) is 15.2. The lowest BCUT2D eigenvalue weighted by Crippen LogP contribution is -2.43. The molecule has 1 aliphatic rings. The van der Waals surface area contributed by atoms with E-state index < -0.39 is 12.0 Å². The number of carbonyl (C=O) groups is 2. The summed E-state index contributed by atoms with van der Waals surface area (Å²) >= 11 is 6.38. The molecule has 1 atom stereocenters. The fourth-order valence-corrected chi connectivity index (χ4v) is 3.78. The lowest BCUT2D eigenvalue weighted by Gasteiger charge is -2.22. The summed E-state index contributed by atoms with van der Waals surface area (Å²) in [5.74, 6) is -0.749. The minimum atomic E-state index is -1.03. The van der Waals surface area contributed by atoms with Gasteiger partial charge >= 0.3 is 5.97 Å². The highest BCUT2D eigenvalue weighted by atomic mass is 32.2. The second kappa shape index (κ2) is 8.30. The van der Waals surface area contributed by atoms with E-state index in [-0.39, 0.29) is 10.2 Å². The Balaban J connectivity index is 2.30. The molecule has 1 amide bonds. The third kappa shape index (κ3) is 3.96. The zero-order valence-electron chi connectivity index (χ0n) is 13.5. The van der Waals surface area contributed by atoms with Gasteiger partial charge in [-0.2, -0.15) is 0 Å². The van der Waals surface area contributed by atoms with Crippen molar-refractivity contribution in [3.63, 3.8) is 0 Å². The summed E-state index contributed by atoms with van der Waals surface area (Å²) in [5, 5.41) is 9.45. The van der Waals surface area contributed by atoms with Gasteiger partial charge in [0.25, 0.3) is 5.91 Å². The van der Waals surface area contributed by atoms with Gasteiger partial charge in [0.05, 0.1) is 12.0 Å². The minimum Gasteiger partial charge on any atom is -0.496 e. The van der Waals surface area contributed by atoms with Crippen LogP contribution in [0.3, 0.4) is 0 Å². The van der Waals surface area contributed by atoms with Crippen LogP contribution in [0.15, 0.2) is 29.2 Å². The summed E-state index contributed by atoms with van der Waals surface area (Å²) < 4.78 is 5.56. The number of aliphatic carboxylic acids is 1. The van der Waals surface area contributed by atoms with Crippen molar-refractivity contribution in [1.29, 1.82) is 0 Å². The van der Waals surface area contributed by atoms with Crippen LogP contribution in [0, 0.1) is 0 Å². The number of amides is 1. The monoisotopic (exact) mass is 365 g/mol. The Labute approximate surface area is 150 Å². The van der Waals surface area contributed by atoms with Crippen molar-refractivity contribution >= 4 is 46.3 Å². The molecule has 0 aliphatic carbocycles. The molecule has 0 aromatic heterocycles. The molecule has 0 saturated carbocycles. The van der Waals surface area contributed by atoms with Gasteiger partial charge in [-0.1, -0.05) is 61.9 Å². The molecule has 1 fully saturated rings. The van der Waals surface area contributed by atoms with E-state index in [1.807, 2.05) is 25.1 Å². The smallest absolute Gasteiger partial charge is 0.326 e. The van der Waals surface area contributed by atoms with Crippen molar-refractivity contribution < 1.29 is 19.4 Å². The molecule has 2 rings (SSSR count). The first-order valence-electron chi connectivity index (χ1n) is 7.62. The first kappa shape index (κ1) is 18.5. The number of methoxy groups -OCH3 is 1. The van der Waals surface area contributed by atoms with Crippen LogP contribution in [0.25, 0.3) is 6.08 Å². The molecular formula is C17H19NO4S2. The SMILES string of the molecule is CCCC[C@H](C(=O)O)N1C(=O)/C(=C/c2ccccc2OC)SC1=S. The maximum absolute atomic E-state index is 12.7. The largest absolute Gasteiger partial charge is 0.496 e. The number of hydrogen-bond acceptors (Lipinski definition) is 5. The maximum Gasteiger partial charge on any atom is 0.326 e. The van der Waals surface area contributed by atoms with Crippen LogP contribution >= 0.6 is 24.0 Å². The second-order valence-corrected chi connectivity index (χ2v) is 6.97. The van der Waals surface area contributed by atoms with E-state index in [4.69, 9.17) is 17.0 Å². The van der Waals surface area contributed by atoms with Crippen molar-refractivity contribution in [2.24, 2.45) is 0 Å².